The second-order valence-electron chi connectivity index (χ2n) is 5.38. The van der Waals surface area contributed by atoms with E-state index in [2.05, 4.69) is 15.5 Å². The number of anilines is 1. The van der Waals surface area contributed by atoms with Gasteiger partial charge in [-0.3, -0.25) is 14.2 Å². The van der Waals surface area contributed by atoms with Crippen LogP contribution in [0.3, 0.4) is 0 Å². The lowest BCUT2D eigenvalue weighted by molar-refractivity contribution is -0.111. The minimum Gasteiger partial charge on any atom is -0.304 e. The van der Waals surface area contributed by atoms with E-state index in [-0.39, 0.29) is 5.91 Å². The first-order chi connectivity index (χ1) is 12.0. The van der Waals surface area contributed by atoms with E-state index < -0.39 is 0 Å². The van der Waals surface area contributed by atoms with Gasteiger partial charge >= 0.3 is 0 Å². The highest BCUT2D eigenvalue weighted by molar-refractivity contribution is 6.33. The van der Waals surface area contributed by atoms with Crippen molar-refractivity contribution in [2.75, 3.05) is 5.32 Å². The van der Waals surface area contributed by atoms with Crippen molar-refractivity contribution < 1.29 is 4.79 Å². The summed E-state index contributed by atoms with van der Waals surface area (Å²) in [5.41, 5.74) is 1.74. The molecule has 0 atom stereocenters. The number of amides is 1. The summed E-state index contributed by atoms with van der Waals surface area (Å²) in [4.78, 5) is 12.0. The van der Waals surface area contributed by atoms with Crippen LogP contribution in [-0.4, -0.2) is 25.5 Å². The maximum Gasteiger partial charge on any atom is 0.249 e. The van der Waals surface area contributed by atoms with Crippen molar-refractivity contribution in [3.05, 3.63) is 70.1 Å². The number of nitrogens with zero attached hydrogens (tertiary/aromatic N) is 4. The summed E-state index contributed by atoms with van der Waals surface area (Å²) in [5.74, 6) is -0.0247. The zero-order chi connectivity index (χ0) is 17.8. The second kappa shape index (κ2) is 7.55. The molecule has 1 aromatic carbocycles. The highest BCUT2D eigenvalue weighted by Crippen LogP contribution is 2.22. The van der Waals surface area contributed by atoms with E-state index in [1.54, 1.807) is 34.0 Å². The van der Waals surface area contributed by atoms with Crippen molar-refractivity contribution in [3.8, 4) is 0 Å². The van der Waals surface area contributed by atoms with Crippen LogP contribution in [0.1, 0.15) is 11.1 Å². The lowest BCUT2D eigenvalue weighted by Crippen LogP contribution is -2.09. The van der Waals surface area contributed by atoms with Crippen molar-refractivity contribution in [2.45, 2.75) is 6.54 Å². The Morgan fingerprint density at radius 2 is 2.04 bits per heavy atom. The average Bonchev–Trinajstić information content (AvgIpc) is 3.14. The molecule has 0 saturated carbocycles. The monoisotopic (exact) mass is 375 g/mol. The highest BCUT2D eigenvalue weighted by Gasteiger charge is 2.10. The Balaban J connectivity index is 1.67. The van der Waals surface area contributed by atoms with Gasteiger partial charge in [0.1, 0.15) is 5.02 Å². The number of halogens is 2. The maximum absolute atomic E-state index is 12.0. The van der Waals surface area contributed by atoms with Gasteiger partial charge in [0.15, 0.2) is 5.82 Å². The summed E-state index contributed by atoms with van der Waals surface area (Å²) in [5, 5.41) is 12.0. The van der Waals surface area contributed by atoms with Crippen LogP contribution in [0.4, 0.5) is 5.82 Å². The Kier molecular flexibility index (Phi) is 5.21. The number of carbonyl (C=O) groups excluding carboxylic acids is 1. The number of hydrogen-bond acceptors (Lipinski definition) is 3. The molecule has 1 N–H and O–H groups in total. The number of nitrogens with one attached hydrogen (secondary N) is 1. The van der Waals surface area contributed by atoms with Gasteiger partial charge in [-0.2, -0.15) is 10.2 Å². The predicted molar refractivity (Wildman–Crippen MR) is 98.7 cm³/mol. The lowest BCUT2D eigenvalue weighted by Gasteiger charge is -2.03. The normalized spacial score (nSPS) is 11.2. The van der Waals surface area contributed by atoms with Crippen molar-refractivity contribution in [1.29, 1.82) is 0 Å². The molecule has 2 heterocycles. The van der Waals surface area contributed by atoms with Gasteiger partial charge in [0, 0.05) is 36.1 Å². The third-order valence-corrected chi connectivity index (χ3v) is 4.05. The number of carbonyl (C=O) groups is 1. The Morgan fingerprint density at radius 3 is 2.76 bits per heavy atom. The van der Waals surface area contributed by atoms with Crippen molar-refractivity contribution in [1.82, 2.24) is 19.6 Å². The van der Waals surface area contributed by atoms with Crippen LogP contribution in [0.15, 0.2) is 48.9 Å². The number of benzene rings is 1. The van der Waals surface area contributed by atoms with Crippen LogP contribution in [0, 0.1) is 0 Å². The average molecular weight is 376 g/mol. The summed E-state index contributed by atoms with van der Waals surface area (Å²) in [7, 11) is 1.81. The smallest absolute Gasteiger partial charge is 0.249 e. The second-order valence-corrected chi connectivity index (χ2v) is 6.20. The number of aromatic nitrogens is 4. The van der Waals surface area contributed by atoms with Gasteiger partial charge in [-0.15, -0.1) is 0 Å². The lowest BCUT2D eigenvalue weighted by atomic mass is 10.2. The molecule has 25 heavy (non-hydrogen) atoms. The summed E-state index contributed by atoms with van der Waals surface area (Å²) in [6.07, 6.45) is 8.17. The van der Waals surface area contributed by atoms with Crippen LogP contribution in [0.2, 0.25) is 10.0 Å². The van der Waals surface area contributed by atoms with Crippen LogP contribution < -0.4 is 5.32 Å². The zero-order valence-corrected chi connectivity index (χ0v) is 14.9. The van der Waals surface area contributed by atoms with Crippen molar-refractivity contribution >= 4 is 41.0 Å². The molecule has 1 amide bonds. The van der Waals surface area contributed by atoms with E-state index in [0.29, 0.717) is 22.4 Å². The molecule has 0 spiro atoms. The van der Waals surface area contributed by atoms with Crippen LogP contribution in [0.5, 0.6) is 0 Å². The Bertz CT molecular complexity index is 929. The molecule has 0 bridgehead atoms. The summed E-state index contributed by atoms with van der Waals surface area (Å²) in [6.45, 7) is 0.459. The number of hydrogen-bond donors (Lipinski definition) is 1. The van der Waals surface area contributed by atoms with Gasteiger partial charge in [-0.25, -0.2) is 0 Å². The van der Waals surface area contributed by atoms with Gasteiger partial charge < -0.3 is 5.32 Å². The summed E-state index contributed by atoms with van der Waals surface area (Å²) >= 11 is 12.3. The van der Waals surface area contributed by atoms with E-state index in [0.717, 1.165) is 11.1 Å². The first kappa shape index (κ1) is 17.3. The fourth-order valence-corrected chi connectivity index (χ4v) is 2.61. The van der Waals surface area contributed by atoms with Crippen LogP contribution in [-0.2, 0) is 18.4 Å². The fraction of sp³-hybridized carbons (Fsp3) is 0.118. The highest BCUT2D eigenvalue weighted by atomic mass is 35.5. The molecule has 2 aromatic heterocycles. The molecule has 3 aromatic rings. The van der Waals surface area contributed by atoms with E-state index in [4.69, 9.17) is 23.2 Å². The predicted octanol–water partition coefficient (Wildman–Crippen LogP) is 3.62. The van der Waals surface area contributed by atoms with E-state index >= 15 is 0 Å². The fourth-order valence-electron chi connectivity index (χ4n) is 2.22. The molecular formula is C17H15Cl2N5O. The minimum absolute atomic E-state index is 0.301. The van der Waals surface area contributed by atoms with Gasteiger partial charge in [0.25, 0.3) is 0 Å². The Morgan fingerprint density at radius 1 is 1.24 bits per heavy atom. The Hall–Kier alpha value is -2.57. The standard InChI is InChI=1S/C17H15Cl2N5O/c1-23-9-12(8-20-23)6-7-16(25)21-17-15(19)11-24(22-17)10-13-4-2-3-5-14(13)18/h2-9,11H,10H2,1H3,(H,21,22,25)/b7-6+. The minimum atomic E-state index is -0.325. The van der Waals surface area contributed by atoms with Crippen LogP contribution in [0.25, 0.3) is 6.08 Å². The topological polar surface area (TPSA) is 64.7 Å². The molecule has 8 heteroatoms. The molecule has 0 fully saturated rings. The first-order valence-electron chi connectivity index (χ1n) is 7.45. The van der Waals surface area contributed by atoms with Gasteiger partial charge in [0.05, 0.1) is 12.7 Å². The van der Waals surface area contributed by atoms with Crippen molar-refractivity contribution in [3.63, 3.8) is 0 Å². The molecule has 0 aliphatic carbocycles. The zero-order valence-electron chi connectivity index (χ0n) is 13.4. The van der Waals surface area contributed by atoms with Gasteiger partial charge in [-0.1, -0.05) is 41.4 Å². The third-order valence-electron chi connectivity index (χ3n) is 3.40. The van der Waals surface area contributed by atoms with Crippen LogP contribution >= 0.6 is 23.2 Å². The molecule has 0 unspecified atom stereocenters. The number of rotatable bonds is 5. The molecule has 0 aliphatic heterocycles. The molecule has 6 nitrogen and oxygen atoms in total. The third kappa shape index (κ3) is 4.49. The molecule has 0 radical (unpaired) electrons. The Labute approximate surface area is 154 Å². The van der Waals surface area contributed by atoms with E-state index in [1.165, 1.54) is 6.08 Å². The molecular weight excluding hydrogens is 361 g/mol. The molecule has 3 rings (SSSR count). The molecule has 128 valence electrons. The molecule has 0 saturated heterocycles. The van der Waals surface area contributed by atoms with Crippen molar-refractivity contribution in [2.24, 2.45) is 7.05 Å². The van der Waals surface area contributed by atoms with Gasteiger partial charge in [0.2, 0.25) is 5.91 Å². The van der Waals surface area contributed by atoms with E-state index in [9.17, 15) is 4.79 Å². The first-order valence-corrected chi connectivity index (χ1v) is 8.21. The van der Waals surface area contributed by atoms with Gasteiger partial charge in [-0.05, 0) is 17.7 Å². The molecule has 0 aliphatic rings. The largest absolute Gasteiger partial charge is 0.304 e. The van der Waals surface area contributed by atoms with E-state index in [1.807, 2.05) is 31.3 Å². The summed E-state index contributed by atoms with van der Waals surface area (Å²) < 4.78 is 3.29. The SMILES string of the molecule is Cn1cc(/C=C/C(=O)Nc2nn(Cc3ccccc3Cl)cc2Cl)cn1. The number of aryl methyl sites for hydroxylation is 1. The quantitative estimate of drug-likeness (QED) is 0.692. The summed E-state index contributed by atoms with van der Waals surface area (Å²) in [6, 6.07) is 7.49. The maximum atomic E-state index is 12.0.